The average molecular weight is 141 g/mol. The van der Waals surface area contributed by atoms with E-state index in [4.69, 9.17) is 10.5 Å². The van der Waals surface area contributed by atoms with E-state index in [-0.39, 0.29) is 0 Å². The lowest BCUT2D eigenvalue weighted by molar-refractivity contribution is -0.0321. The third kappa shape index (κ3) is 0.867. The van der Waals surface area contributed by atoms with Gasteiger partial charge in [0.1, 0.15) is 0 Å². The molecule has 1 heterocycles. The fraction of sp³-hybridized carbons (Fsp3) is 1.00. The molecule has 1 saturated heterocycles. The maximum atomic E-state index is 5.59. The molecule has 1 aliphatic carbocycles. The molecule has 0 radical (unpaired) electrons. The van der Waals surface area contributed by atoms with E-state index in [2.05, 4.69) is 0 Å². The van der Waals surface area contributed by atoms with Crippen LogP contribution in [0.3, 0.4) is 0 Å². The molecule has 2 fully saturated rings. The van der Waals surface area contributed by atoms with Gasteiger partial charge in [-0.25, -0.2) is 0 Å². The number of rotatable bonds is 1. The fourth-order valence-electron chi connectivity index (χ4n) is 2.04. The minimum absolute atomic E-state index is 0.390. The summed E-state index contributed by atoms with van der Waals surface area (Å²) in [7, 11) is 0. The Morgan fingerprint density at radius 2 is 2.20 bits per heavy atom. The second kappa shape index (κ2) is 2.21. The zero-order valence-electron chi connectivity index (χ0n) is 6.31. The van der Waals surface area contributed by atoms with Gasteiger partial charge in [-0.15, -0.1) is 0 Å². The van der Waals surface area contributed by atoms with Crippen LogP contribution >= 0.6 is 0 Å². The maximum Gasteiger partial charge on any atom is 0.0753 e. The van der Waals surface area contributed by atoms with Gasteiger partial charge in [0, 0.05) is 13.2 Å². The van der Waals surface area contributed by atoms with E-state index in [1.807, 2.05) is 0 Å². The molecule has 1 atom stereocenters. The molecule has 1 unspecified atom stereocenters. The highest BCUT2D eigenvalue weighted by atomic mass is 16.5. The van der Waals surface area contributed by atoms with E-state index >= 15 is 0 Å². The van der Waals surface area contributed by atoms with Crippen LogP contribution in [0.25, 0.3) is 0 Å². The molecule has 2 aliphatic rings. The van der Waals surface area contributed by atoms with Gasteiger partial charge in [0.15, 0.2) is 0 Å². The van der Waals surface area contributed by atoms with Crippen molar-refractivity contribution in [2.24, 2.45) is 11.1 Å². The Balaban J connectivity index is 2.01. The third-order valence-electron chi connectivity index (χ3n) is 2.93. The summed E-state index contributed by atoms with van der Waals surface area (Å²) in [5, 5.41) is 0. The summed E-state index contributed by atoms with van der Waals surface area (Å²) < 4.78 is 5.58. The van der Waals surface area contributed by atoms with Gasteiger partial charge in [-0.05, 0) is 31.1 Å². The number of hydrogen-bond acceptors (Lipinski definition) is 2. The lowest BCUT2D eigenvalue weighted by atomic mass is 9.91. The van der Waals surface area contributed by atoms with Crippen molar-refractivity contribution in [3.8, 4) is 0 Å². The summed E-state index contributed by atoms with van der Waals surface area (Å²) in [6.45, 7) is 1.66. The van der Waals surface area contributed by atoms with Gasteiger partial charge in [0.2, 0.25) is 0 Å². The van der Waals surface area contributed by atoms with Gasteiger partial charge >= 0.3 is 0 Å². The van der Waals surface area contributed by atoms with Crippen molar-refractivity contribution in [1.29, 1.82) is 0 Å². The van der Waals surface area contributed by atoms with Crippen molar-refractivity contribution >= 4 is 0 Å². The normalized spacial score (nSPS) is 36.3. The fourth-order valence-corrected chi connectivity index (χ4v) is 2.04. The summed E-state index contributed by atoms with van der Waals surface area (Å²) in [4.78, 5) is 0. The van der Waals surface area contributed by atoms with Gasteiger partial charge in [0.25, 0.3) is 0 Å². The Morgan fingerprint density at radius 1 is 1.40 bits per heavy atom. The van der Waals surface area contributed by atoms with E-state index in [9.17, 15) is 0 Å². The highest BCUT2D eigenvalue weighted by molar-refractivity contribution is 5.01. The zero-order chi connectivity index (χ0) is 7.03. The first-order valence-corrected chi connectivity index (χ1v) is 4.19. The zero-order valence-corrected chi connectivity index (χ0v) is 6.31. The summed E-state index contributed by atoms with van der Waals surface area (Å²) in [6, 6.07) is 0. The van der Waals surface area contributed by atoms with E-state index < -0.39 is 0 Å². The molecule has 1 spiro atoms. The van der Waals surface area contributed by atoms with Gasteiger partial charge in [-0.1, -0.05) is 0 Å². The Morgan fingerprint density at radius 3 is 2.70 bits per heavy atom. The molecule has 1 saturated carbocycles. The van der Waals surface area contributed by atoms with Crippen molar-refractivity contribution < 1.29 is 4.74 Å². The number of ether oxygens (including phenoxy) is 1. The SMILES string of the molecule is NCC1OCCCC12CC2. The Labute approximate surface area is 61.7 Å². The molecule has 2 nitrogen and oxygen atoms in total. The highest BCUT2D eigenvalue weighted by Gasteiger charge is 2.50. The number of nitrogens with two attached hydrogens (primary N) is 1. The summed E-state index contributed by atoms with van der Waals surface area (Å²) in [6.07, 6.45) is 5.70. The molecule has 0 aromatic heterocycles. The summed E-state index contributed by atoms with van der Waals surface area (Å²) in [5.41, 5.74) is 6.14. The lowest BCUT2D eigenvalue weighted by Crippen LogP contribution is -2.37. The molecule has 0 amide bonds. The van der Waals surface area contributed by atoms with Crippen LogP contribution in [-0.2, 0) is 4.74 Å². The van der Waals surface area contributed by atoms with Crippen LogP contribution in [0.1, 0.15) is 25.7 Å². The Bertz CT molecular complexity index is 131. The van der Waals surface area contributed by atoms with E-state index in [1.54, 1.807) is 0 Å². The Hall–Kier alpha value is -0.0800. The van der Waals surface area contributed by atoms with Crippen LogP contribution in [0.5, 0.6) is 0 Å². The lowest BCUT2D eigenvalue weighted by Gasteiger charge is -2.30. The van der Waals surface area contributed by atoms with E-state index in [0.717, 1.165) is 13.2 Å². The van der Waals surface area contributed by atoms with Crippen LogP contribution in [-0.4, -0.2) is 19.3 Å². The van der Waals surface area contributed by atoms with Gasteiger partial charge < -0.3 is 10.5 Å². The van der Waals surface area contributed by atoms with Gasteiger partial charge in [0.05, 0.1) is 6.10 Å². The minimum Gasteiger partial charge on any atom is -0.376 e. The van der Waals surface area contributed by atoms with Gasteiger partial charge in [-0.3, -0.25) is 0 Å². The van der Waals surface area contributed by atoms with Crippen molar-refractivity contribution in [3.05, 3.63) is 0 Å². The van der Waals surface area contributed by atoms with Crippen LogP contribution in [0, 0.1) is 5.41 Å². The van der Waals surface area contributed by atoms with E-state index in [1.165, 1.54) is 25.7 Å². The molecule has 2 rings (SSSR count). The first-order valence-electron chi connectivity index (χ1n) is 4.19. The molecule has 58 valence electrons. The Kier molecular flexibility index (Phi) is 1.46. The standard InChI is InChI=1S/C8H15NO/c9-6-7-8(3-4-8)2-1-5-10-7/h7H,1-6,9H2. The largest absolute Gasteiger partial charge is 0.376 e. The minimum atomic E-state index is 0.390. The average Bonchev–Trinajstić information content (AvgIpc) is 2.71. The summed E-state index contributed by atoms with van der Waals surface area (Å²) >= 11 is 0. The van der Waals surface area contributed by atoms with Crippen molar-refractivity contribution in [2.75, 3.05) is 13.2 Å². The molecular formula is C8H15NO. The van der Waals surface area contributed by atoms with Crippen molar-refractivity contribution in [1.82, 2.24) is 0 Å². The van der Waals surface area contributed by atoms with E-state index in [0.29, 0.717) is 11.5 Å². The topological polar surface area (TPSA) is 35.2 Å². The molecule has 2 heteroatoms. The monoisotopic (exact) mass is 141 g/mol. The predicted molar refractivity (Wildman–Crippen MR) is 39.7 cm³/mol. The maximum absolute atomic E-state index is 5.59. The first-order chi connectivity index (χ1) is 4.87. The quantitative estimate of drug-likeness (QED) is 0.589. The molecule has 2 N–H and O–H groups in total. The van der Waals surface area contributed by atoms with Crippen LogP contribution in [0.4, 0.5) is 0 Å². The first kappa shape index (κ1) is 6.62. The molecule has 0 aromatic carbocycles. The molecular weight excluding hydrogens is 126 g/mol. The third-order valence-corrected chi connectivity index (χ3v) is 2.93. The molecule has 0 bridgehead atoms. The van der Waals surface area contributed by atoms with Crippen LogP contribution in [0.15, 0.2) is 0 Å². The molecule has 0 aromatic rings. The predicted octanol–water partition coefficient (Wildman–Crippen LogP) is 0.904. The molecule has 1 aliphatic heterocycles. The van der Waals surface area contributed by atoms with Crippen molar-refractivity contribution in [2.45, 2.75) is 31.8 Å². The number of hydrogen-bond donors (Lipinski definition) is 1. The highest BCUT2D eigenvalue weighted by Crippen LogP contribution is 2.54. The molecule has 10 heavy (non-hydrogen) atoms. The van der Waals surface area contributed by atoms with Crippen LogP contribution < -0.4 is 5.73 Å². The smallest absolute Gasteiger partial charge is 0.0753 e. The van der Waals surface area contributed by atoms with Gasteiger partial charge in [-0.2, -0.15) is 0 Å². The second-order valence-electron chi connectivity index (χ2n) is 3.56. The second-order valence-corrected chi connectivity index (χ2v) is 3.56. The van der Waals surface area contributed by atoms with Crippen molar-refractivity contribution in [3.63, 3.8) is 0 Å². The van der Waals surface area contributed by atoms with Crippen LogP contribution in [0.2, 0.25) is 0 Å². The summed E-state index contributed by atoms with van der Waals surface area (Å²) in [5.74, 6) is 0.